The molecule has 2 heterocycles. The number of carbonyl (C=O) groups excluding carboxylic acids is 2. The highest BCUT2D eigenvalue weighted by atomic mass is 32.2. The molecule has 0 aliphatic carbocycles. The predicted molar refractivity (Wildman–Crippen MR) is 121 cm³/mol. The highest BCUT2D eigenvalue weighted by Gasteiger charge is 2.40. The molecule has 0 bridgehead atoms. The fourth-order valence-corrected chi connectivity index (χ4v) is 4.98. The Morgan fingerprint density at radius 1 is 1.16 bits per heavy atom. The molecule has 2 N–H and O–H groups in total. The number of carbonyl (C=O) groups is 2. The number of rotatable bonds is 7. The molecule has 1 aromatic heterocycles. The fraction of sp³-hybridized carbons (Fsp3) is 0.292. The lowest BCUT2D eigenvalue weighted by molar-refractivity contribution is -0.127. The Morgan fingerprint density at radius 2 is 1.94 bits per heavy atom. The number of methoxy groups -OCH3 is 1. The van der Waals surface area contributed by atoms with Gasteiger partial charge in [0.25, 0.3) is 0 Å². The van der Waals surface area contributed by atoms with Crippen molar-refractivity contribution in [1.29, 1.82) is 0 Å². The zero-order chi connectivity index (χ0) is 22.7. The number of nitrogens with two attached hydrogens (primary N) is 1. The minimum atomic E-state index is -0.710. The summed E-state index contributed by atoms with van der Waals surface area (Å²) in [6.07, 6.45) is 2.74. The Labute approximate surface area is 190 Å². The van der Waals surface area contributed by atoms with Gasteiger partial charge in [0.05, 0.1) is 17.4 Å². The Bertz CT molecular complexity index is 1150. The van der Waals surface area contributed by atoms with Crippen LogP contribution in [0.1, 0.15) is 34.5 Å². The maximum absolute atomic E-state index is 12.8. The van der Waals surface area contributed by atoms with Crippen molar-refractivity contribution in [3.63, 3.8) is 0 Å². The Morgan fingerprint density at radius 3 is 2.59 bits per heavy atom. The molecule has 1 fully saturated rings. The second kappa shape index (κ2) is 9.18. The quantitative estimate of drug-likeness (QED) is 0.554. The number of nitrogens with zero attached hydrogens (tertiary/aromatic N) is 2. The number of primary amides is 1. The summed E-state index contributed by atoms with van der Waals surface area (Å²) in [4.78, 5) is 27.0. The van der Waals surface area contributed by atoms with Gasteiger partial charge in [0.1, 0.15) is 11.4 Å². The van der Waals surface area contributed by atoms with Gasteiger partial charge >= 0.3 is 0 Å². The van der Waals surface area contributed by atoms with Crippen molar-refractivity contribution in [2.45, 2.75) is 28.0 Å². The molecule has 0 atom stereocenters. The van der Waals surface area contributed by atoms with Gasteiger partial charge in [-0.25, -0.2) is 0 Å². The first kappa shape index (κ1) is 22.1. The Balaban J connectivity index is 1.62. The van der Waals surface area contributed by atoms with Crippen LogP contribution in [0.2, 0.25) is 0 Å². The topological polar surface area (TPSA) is 96.4 Å². The maximum atomic E-state index is 12.8. The van der Waals surface area contributed by atoms with Crippen LogP contribution in [-0.2, 0) is 22.0 Å². The zero-order valence-corrected chi connectivity index (χ0v) is 18.9. The molecule has 0 unspecified atom stereocenters. The van der Waals surface area contributed by atoms with Crippen molar-refractivity contribution in [2.24, 2.45) is 12.8 Å². The van der Waals surface area contributed by atoms with Crippen LogP contribution in [0.25, 0.3) is 0 Å². The van der Waals surface area contributed by atoms with E-state index in [1.54, 1.807) is 43.2 Å². The lowest BCUT2D eigenvalue weighted by atomic mass is 9.73. The van der Waals surface area contributed by atoms with Gasteiger partial charge in [-0.3, -0.25) is 14.3 Å². The normalized spacial score (nSPS) is 15.3. The highest BCUT2D eigenvalue weighted by molar-refractivity contribution is 7.99. The van der Waals surface area contributed by atoms with E-state index in [0.29, 0.717) is 43.1 Å². The third kappa shape index (κ3) is 4.16. The molecule has 4 rings (SSSR count). The van der Waals surface area contributed by atoms with Gasteiger partial charge in [0.2, 0.25) is 11.7 Å². The van der Waals surface area contributed by atoms with Crippen molar-refractivity contribution in [2.75, 3.05) is 20.3 Å². The summed E-state index contributed by atoms with van der Waals surface area (Å²) >= 11 is 1.51. The average Bonchev–Trinajstić information content (AvgIpc) is 3.25. The summed E-state index contributed by atoms with van der Waals surface area (Å²) < 4.78 is 12.6. The molecule has 166 valence electrons. The number of aromatic nitrogens is 2. The van der Waals surface area contributed by atoms with Gasteiger partial charge in [-0.15, -0.1) is 0 Å². The van der Waals surface area contributed by atoms with Crippen molar-refractivity contribution in [1.82, 2.24) is 9.78 Å². The monoisotopic (exact) mass is 451 g/mol. The van der Waals surface area contributed by atoms with Crippen molar-refractivity contribution < 1.29 is 19.1 Å². The number of hydrogen-bond acceptors (Lipinski definition) is 6. The molecule has 7 nitrogen and oxygen atoms in total. The van der Waals surface area contributed by atoms with E-state index in [2.05, 4.69) is 5.10 Å². The molecule has 0 radical (unpaired) electrons. The molecule has 1 saturated heterocycles. The second-order valence-electron chi connectivity index (χ2n) is 7.72. The Hall–Kier alpha value is -3.10. The van der Waals surface area contributed by atoms with Crippen LogP contribution in [0, 0.1) is 0 Å². The lowest BCUT2D eigenvalue weighted by Crippen LogP contribution is -2.45. The van der Waals surface area contributed by atoms with Gasteiger partial charge in [0.15, 0.2) is 0 Å². The first-order valence-electron chi connectivity index (χ1n) is 10.3. The SMILES string of the molecule is COc1cc(C(=O)c2ccnn2C)ccc1Sc1cccc(C2(C(N)=O)CCOCC2)c1. The minimum absolute atomic E-state index is 0.121. The largest absolute Gasteiger partial charge is 0.496 e. The van der Waals surface area contributed by atoms with E-state index in [1.165, 1.54) is 11.8 Å². The standard InChI is InChI=1S/C24H25N3O4S/c1-27-19(8-11-26-27)22(28)16-6-7-21(20(14-16)30-2)32-18-5-3-4-17(15-18)24(23(25)29)9-12-31-13-10-24/h3-8,11,14-15H,9-10,12-13H2,1-2H3,(H2,25,29). The van der Waals surface area contributed by atoms with Crippen LogP contribution in [0.5, 0.6) is 5.75 Å². The van der Waals surface area contributed by atoms with Crippen molar-refractivity contribution >= 4 is 23.5 Å². The number of benzene rings is 2. The van der Waals surface area contributed by atoms with Gasteiger partial charge in [-0.2, -0.15) is 5.10 Å². The molecule has 1 aliphatic rings. The minimum Gasteiger partial charge on any atom is -0.496 e. The van der Waals surface area contributed by atoms with Gasteiger partial charge in [-0.1, -0.05) is 23.9 Å². The van der Waals surface area contributed by atoms with E-state index < -0.39 is 5.41 Å². The smallest absolute Gasteiger partial charge is 0.228 e. The second-order valence-corrected chi connectivity index (χ2v) is 8.84. The van der Waals surface area contributed by atoms with Crippen LogP contribution in [0.3, 0.4) is 0 Å². The fourth-order valence-electron chi connectivity index (χ4n) is 4.02. The third-order valence-corrected chi connectivity index (χ3v) is 6.96. The molecular weight excluding hydrogens is 426 g/mol. The molecule has 0 saturated carbocycles. The summed E-state index contributed by atoms with van der Waals surface area (Å²) in [6, 6.07) is 15.0. The van der Waals surface area contributed by atoms with Crippen LogP contribution in [0.15, 0.2) is 64.5 Å². The van der Waals surface area contributed by atoms with Gasteiger partial charge < -0.3 is 15.2 Å². The molecule has 1 amide bonds. The van der Waals surface area contributed by atoms with E-state index in [1.807, 2.05) is 30.3 Å². The summed E-state index contributed by atoms with van der Waals surface area (Å²) in [5.41, 5.74) is 7.05. The molecular formula is C24H25N3O4S. The molecule has 32 heavy (non-hydrogen) atoms. The number of ether oxygens (including phenoxy) is 2. The molecule has 8 heteroatoms. The summed E-state index contributed by atoms with van der Waals surface area (Å²) in [7, 11) is 3.32. The van der Waals surface area contributed by atoms with Gasteiger partial charge in [0, 0.05) is 36.9 Å². The third-order valence-electron chi connectivity index (χ3n) is 5.91. The van der Waals surface area contributed by atoms with E-state index in [9.17, 15) is 9.59 Å². The van der Waals surface area contributed by atoms with E-state index >= 15 is 0 Å². The van der Waals surface area contributed by atoms with Crippen LogP contribution in [-0.4, -0.2) is 41.8 Å². The predicted octanol–water partition coefficient (Wildman–Crippen LogP) is 3.34. The zero-order valence-electron chi connectivity index (χ0n) is 18.0. The Kier molecular flexibility index (Phi) is 6.34. The van der Waals surface area contributed by atoms with E-state index in [-0.39, 0.29) is 11.7 Å². The summed E-state index contributed by atoms with van der Waals surface area (Å²) in [5.74, 6) is 0.160. The summed E-state index contributed by atoms with van der Waals surface area (Å²) in [5, 5.41) is 4.06. The number of amides is 1. The van der Waals surface area contributed by atoms with Crippen LogP contribution < -0.4 is 10.5 Å². The number of ketones is 1. The average molecular weight is 452 g/mol. The first-order valence-corrected chi connectivity index (χ1v) is 11.1. The van der Waals surface area contributed by atoms with Crippen LogP contribution >= 0.6 is 11.8 Å². The van der Waals surface area contributed by atoms with E-state index in [0.717, 1.165) is 15.4 Å². The van der Waals surface area contributed by atoms with Crippen LogP contribution in [0.4, 0.5) is 0 Å². The molecule has 0 spiro atoms. The molecule has 1 aliphatic heterocycles. The van der Waals surface area contributed by atoms with E-state index in [4.69, 9.17) is 15.2 Å². The summed E-state index contributed by atoms with van der Waals surface area (Å²) in [6.45, 7) is 1.03. The highest BCUT2D eigenvalue weighted by Crippen LogP contribution is 2.40. The van der Waals surface area contributed by atoms with Gasteiger partial charge in [-0.05, 0) is 54.8 Å². The molecule has 3 aromatic rings. The molecule has 2 aromatic carbocycles. The maximum Gasteiger partial charge on any atom is 0.228 e. The van der Waals surface area contributed by atoms with Crippen molar-refractivity contribution in [3.05, 3.63) is 71.5 Å². The lowest BCUT2D eigenvalue weighted by Gasteiger charge is -2.34. The number of hydrogen-bond donors (Lipinski definition) is 1. The first-order chi connectivity index (χ1) is 15.4. The van der Waals surface area contributed by atoms with Crippen molar-refractivity contribution in [3.8, 4) is 5.75 Å². The number of aryl methyl sites for hydroxylation is 1.